The van der Waals surface area contributed by atoms with Crippen molar-refractivity contribution in [2.75, 3.05) is 13.7 Å². The first-order valence-corrected chi connectivity index (χ1v) is 7.39. The lowest BCUT2D eigenvalue weighted by Crippen LogP contribution is -2.41. The number of rotatable bonds is 4. The summed E-state index contributed by atoms with van der Waals surface area (Å²) in [6.07, 6.45) is 0. The van der Waals surface area contributed by atoms with E-state index in [4.69, 9.17) is 4.74 Å². The van der Waals surface area contributed by atoms with Crippen molar-refractivity contribution in [2.45, 2.75) is 26.8 Å². The number of ether oxygens (including phenoxy) is 1. The number of aromatic nitrogens is 1. The number of phenols is 1. The van der Waals surface area contributed by atoms with Gasteiger partial charge >= 0.3 is 5.97 Å². The van der Waals surface area contributed by atoms with Crippen LogP contribution in [0.25, 0.3) is 10.9 Å². The maximum absolute atomic E-state index is 12.7. The summed E-state index contributed by atoms with van der Waals surface area (Å²) in [6, 6.07) is 5.77. The number of benzene rings is 1. The van der Waals surface area contributed by atoms with Gasteiger partial charge < -0.3 is 14.7 Å². The summed E-state index contributed by atoms with van der Waals surface area (Å²) in [5.41, 5.74) is 1.65. The van der Waals surface area contributed by atoms with Gasteiger partial charge in [0.05, 0.1) is 23.4 Å². The molecule has 0 aliphatic carbocycles. The zero-order valence-electron chi connectivity index (χ0n) is 13.7. The van der Waals surface area contributed by atoms with E-state index >= 15 is 0 Å². The molecule has 6 heteroatoms. The molecule has 2 aromatic rings. The molecular weight excluding hydrogens is 296 g/mol. The summed E-state index contributed by atoms with van der Waals surface area (Å²) in [6.45, 7) is 5.34. The number of likely N-dealkylation sites (N-methyl/N-ethyl adjacent to an activating group) is 1. The number of aromatic hydroxyl groups is 1. The van der Waals surface area contributed by atoms with Crippen LogP contribution < -0.4 is 0 Å². The predicted octanol–water partition coefficient (Wildman–Crippen LogP) is 2.27. The second kappa shape index (κ2) is 6.64. The molecule has 1 heterocycles. The molecule has 2 rings (SSSR count). The minimum absolute atomic E-state index is 0.106. The molecule has 0 radical (unpaired) electrons. The van der Waals surface area contributed by atoms with E-state index in [1.807, 2.05) is 0 Å². The highest BCUT2D eigenvalue weighted by Crippen LogP contribution is 2.22. The van der Waals surface area contributed by atoms with Crippen LogP contribution >= 0.6 is 0 Å². The number of hydrogen-bond acceptors (Lipinski definition) is 5. The van der Waals surface area contributed by atoms with E-state index in [0.717, 1.165) is 0 Å². The van der Waals surface area contributed by atoms with E-state index in [-0.39, 0.29) is 18.3 Å². The van der Waals surface area contributed by atoms with Crippen molar-refractivity contribution in [1.29, 1.82) is 0 Å². The summed E-state index contributed by atoms with van der Waals surface area (Å²) >= 11 is 0. The molecule has 122 valence electrons. The Morgan fingerprint density at radius 3 is 2.70 bits per heavy atom. The molecule has 1 amide bonds. The van der Waals surface area contributed by atoms with Crippen LogP contribution in [0, 0.1) is 6.92 Å². The van der Waals surface area contributed by atoms with Gasteiger partial charge in [0.2, 0.25) is 0 Å². The van der Waals surface area contributed by atoms with Crippen molar-refractivity contribution < 1.29 is 19.4 Å². The summed E-state index contributed by atoms with van der Waals surface area (Å²) in [5.74, 6) is -0.664. The fourth-order valence-corrected chi connectivity index (χ4v) is 2.26. The van der Waals surface area contributed by atoms with E-state index in [9.17, 15) is 14.7 Å². The maximum atomic E-state index is 12.7. The molecule has 0 aliphatic rings. The molecule has 0 spiro atoms. The number of amides is 1. The van der Waals surface area contributed by atoms with E-state index in [2.05, 4.69) is 4.98 Å². The molecule has 0 bridgehead atoms. The second-order valence-electron chi connectivity index (χ2n) is 5.34. The van der Waals surface area contributed by atoms with Gasteiger partial charge in [-0.1, -0.05) is 0 Å². The summed E-state index contributed by atoms with van der Waals surface area (Å²) < 4.78 is 4.95. The Bertz CT molecular complexity index is 758. The number of carbonyl (C=O) groups excluding carboxylic acids is 2. The topological polar surface area (TPSA) is 79.7 Å². The number of esters is 1. The van der Waals surface area contributed by atoms with Crippen molar-refractivity contribution in [3.8, 4) is 5.75 Å². The number of hydrogen-bond donors (Lipinski definition) is 1. The number of pyridine rings is 1. The lowest BCUT2D eigenvalue weighted by atomic mass is 10.1. The van der Waals surface area contributed by atoms with Gasteiger partial charge in [-0.3, -0.25) is 9.78 Å². The molecule has 1 aromatic heterocycles. The Labute approximate surface area is 134 Å². The van der Waals surface area contributed by atoms with Gasteiger partial charge in [0.15, 0.2) is 0 Å². The van der Waals surface area contributed by atoms with Crippen LogP contribution in [-0.2, 0) is 9.53 Å². The Balaban J connectivity index is 2.36. The first-order chi connectivity index (χ1) is 10.8. The van der Waals surface area contributed by atoms with Crippen molar-refractivity contribution >= 4 is 22.8 Å². The molecule has 0 aliphatic heterocycles. The van der Waals surface area contributed by atoms with Gasteiger partial charge in [0.25, 0.3) is 5.91 Å². The number of phenolic OH excluding ortho intramolecular Hbond substituents is 1. The highest BCUT2D eigenvalue weighted by atomic mass is 16.5. The standard InChI is InChI=1S/C17H20N2O4/c1-5-23-17(22)11(3)19(4)16(21)14-9-12-8-13(20)6-7-15(12)18-10(14)2/h6-9,11,20H,5H2,1-4H3/t11-/m1/s1. The van der Waals surface area contributed by atoms with Crippen LogP contribution in [0.3, 0.4) is 0 Å². The highest BCUT2D eigenvalue weighted by Gasteiger charge is 2.25. The lowest BCUT2D eigenvalue weighted by Gasteiger charge is -2.24. The van der Waals surface area contributed by atoms with Gasteiger partial charge in [0, 0.05) is 12.4 Å². The average molecular weight is 316 g/mol. The minimum Gasteiger partial charge on any atom is -0.508 e. The molecule has 23 heavy (non-hydrogen) atoms. The Morgan fingerprint density at radius 1 is 1.35 bits per heavy atom. The van der Waals surface area contributed by atoms with E-state index in [1.54, 1.807) is 52.1 Å². The van der Waals surface area contributed by atoms with Gasteiger partial charge in [0.1, 0.15) is 11.8 Å². The quantitative estimate of drug-likeness (QED) is 0.875. The number of carbonyl (C=O) groups is 2. The third-order valence-electron chi connectivity index (χ3n) is 3.75. The zero-order chi connectivity index (χ0) is 17.1. The normalized spacial score (nSPS) is 12.0. The Morgan fingerprint density at radius 2 is 2.04 bits per heavy atom. The van der Waals surface area contributed by atoms with Gasteiger partial charge in [-0.25, -0.2) is 4.79 Å². The molecular formula is C17H20N2O4. The number of fused-ring (bicyclic) bond motifs is 1. The van der Waals surface area contributed by atoms with Crippen LogP contribution in [0.15, 0.2) is 24.3 Å². The Kier molecular flexibility index (Phi) is 4.83. The number of nitrogens with zero attached hydrogens (tertiary/aromatic N) is 2. The monoisotopic (exact) mass is 316 g/mol. The van der Waals surface area contributed by atoms with E-state index in [0.29, 0.717) is 22.2 Å². The molecule has 0 saturated heterocycles. The predicted molar refractivity (Wildman–Crippen MR) is 86.3 cm³/mol. The molecule has 6 nitrogen and oxygen atoms in total. The van der Waals surface area contributed by atoms with Crippen LogP contribution in [0.4, 0.5) is 0 Å². The molecule has 1 N–H and O–H groups in total. The lowest BCUT2D eigenvalue weighted by molar-refractivity contribution is -0.147. The minimum atomic E-state index is -0.693. The number of aryl methyl sites for hydroxylation is 1. The average Bonchev–Trinajstić information content (AvgIpc) is 2.52. The molecule has 1 atom stereocenters. The summed E-state index contributed by atoms with van der Waals surface area (Å²) in [4.78, 5) is 30.2. The fourth-order valence-electron chi connectivity index (χ4n) is 2.26. The van der Waals surface area contributed by atoms with Crippen molar-refractivity contribution in [1.82, 2.24) is 9.88 Å². The molecule has 0 fully saturated rings. The van der Waals surface area contributed by atoms with Crippen LogP contribution in [0.2, 0.25) is 0 Å². The van der Waals surface area contributed by atoms with Crippen LogP contribution in [-0.4, -0.2) is 46.6 Å². The molecule has 0 saturated carbocycles. The largest absolute Gasteiger partial charge is 0.508 e. The van der Waals surface area contributed by atoms with Crippen molar-refractivity contribution in [3.05, 3.63) is 35.5 Å². The first-order valence-electron chi connectivity index (χ1n) is 7.39. The van der Waals surface area contributed by atoms with Gasteiger partial charge in [-0.2, -0.15) is 0 Å². The third kappa shape index (κ3) is 3.41. The molecule has 0 unspecified atom stereocenters. The summed E-state index contributed by atoms with van der Waals surface area (Å²) in [7, 11) is 1.55. The van der Waals surface area contributed by atoms with Crippen LogP contribution in [0.5, 0.6) is 5.75 Å². The SMILES string of the molecule is CCOC(=O)[C@@H](C)N(C)C(=O)c1cc2cc(O)ccc2nc1C. The van der Waals surface area contributed by atoms with Gasteiger partial charge in [-0.05, 0) is 45.0 Å². The fraction of sp³-hybridized carbons (Fsp3) is 0.353. The maximum Gasteiger partial charge on any atom is 0.328 e. The van der Waals surface area contributed by atoms with Crippen molar-refractivity contribution in [2.24, 2.45) is 0 Å². The second-order valence-corrected chi connectivity index (χ2v) is 5.34. The third-order valence-corrected chi connectivity index (χ3v) is 3.75. The smallest absolute Gasteiger partial charge is 0.328 e. The Hall–Kier alpha value is -2.63. The zero-order valence-corrected chi connectivity index (χ0v) is 13.7. The van der Waals surface area contributed by atoms with Gasteiger partial charge in [-0.15, -0.1) is 0 Å². The first kappa shape index (κ1) is 16.7. The highest BCUT2D eigenvalue weighted by molar-refractivity contribution is 6.00. The molecule has 1 aromatic carbocycles. The summed E-state index contributed by atoms with van der Waals surface area (Å²) in [5, 5.41) is 10.2. The van der Waals surface area contributed by atoms with E-state index in [1.165, 1.54) is 4.90 Å². The van der Waals surface area contributed by atoms with Crippen LogP contribution in [0.1, 0.15) is 29.9 Å². The van der Waals surface area contributed by atoms with E-state index < -0.39 is 12.0 Å². The van der Waals surface area contributed by atoms with Crippen molar-refractivity contribution in [3.63, 3.8) is 0 Å².